The minimum atomic E-state index is -0.583. The summed E-state index contributed by atoms with van der Waals surface area (Å²) in [7, 11) is 0. The Balaban J connectivity index is 2.24. The lowest BCUT2D eigenvalue weighted by Gasteiger charge is -2.16. The zero-order valence-corrected chi connectivity index (χ0v) is 14.2. The van der Waals surface area contributed by atoms with Crippen LogP contribution in [-0.4, -0.2) is 36.2 Å². The summed E-state index contributed by atoms with van der Waals surface area (Å²) in [4.78, 5) is 24.5. The van der Waals surface area contributed by atoms with Gasteiger partial charge in [-0.15, -0.1) is 11.8 Å². The molecule has 1 aromatic rings. The summed E-state index contributed by atoms with van der Waals surface area (Å²) in [6.45, 7) is 6.29. The molecule has 0 aliphatic carbocycles. The Labute approximate surface area is 136 Å². The molecule has 0 aromatic heterocycles. The first-order chi connectivity index (χ1) is 10.4. The first-order valence-corrected chi connectivity index (χ1v) is 8.29. The van der Waals surface area contributed by atoms with Crippen LogP contribution in [0.25, 0.3) is 0 Å². The molecule has 2 atom stereocenters. The molecule has 2 amide bonds. The van der Waals surface area contributed by atoms with Crippen molar-refractivity contribution in [1.29, 1.82) is 0 Å². The number of benzene rings is 1. The van der Waals surface area contributed by atoms with Gasteiger partial charge in [0.25, 0.3) is 0 Å². The van der Waals surface area contributed by atoms with Crippen molar-refractivity contribution in [3.05, 3.63) is 30.3 Å². The lowest BCUT2D eigenvalue weighted by Crippen LogP contribution is -2.47. The molecule has 0 bridgehead atoms. The number of hydrogen-bond acceptors (Lipinski definition) is 4. The highest BCUT2D eigenvalue weighted by Gasteiger charge is 2.17. The fourth-order valence-electron chi connectivity index (χ4n) is 1.68. The van der Waals surface area contributed by atoms with Crippen LogP contribution in [0, 0.1) is 5.92 Å². The average molecular weight is 323 g/mol. The van der Waals surface area contributed by atoms with E-state index in [-0.39, 0.29) is 29.5 Å². The number of rotatable bonds is 8. The molecule has 0 radical (unpaired) electrons. The fraction of sp³-hybridized carbons (Fsp3) is 0.500. The third-order valence-corrected chi connectivity index (χ3v) is 4.22. The van der Waals surface area contributed by atoms with Gasteiger partial charge in [-0.3, -0.25) is 9.59 Å². The Bertz CT molecular complexity index is 480. The van der Waals surface area contributed by atoms with Gasteiger partial charge in [0, 0.05) is 16.7 Å². The van der Waals surface area contributed by atoms with Gasteiger partial charge in [0.15, 0.2) is 0 Å². The highest BCUT2D eigenvalue weighted by atomic mass is 32.2. The summed E-state index contributed by atoms with van der Waals surface area (Å²) in [6, 6.07) is 9.44. The number of amides is 2. The SMILES string of the molecule is CC(CNC(=O)CNC(=O)[C@@H](N)C(C)C)Sc1ccccc1. The van der Waals surface area contributed by atoms with E-state index in [9.17, 15) is 9.59 Å². The third kappa shape index (κ3) is 6.95. The molecular weight excluding hydrogens is 298 g/mol. The zero-order valence-electron chi connectivity index (χ0n) is 13.3. The number of hydrogen-bond donors (Lipinski definition) is 3. The van der Waals surface area contributed by atoms with Crippen molar-refractivity contribution in [3.8, 4) is 0 Å². The summed E-state index contributed by atoms with van der Waals surface area (Å²) in [5, 5.41) is 5.62. The first kappa shape index (κ1) is 18.5. The summed E-state index contributed by atoms with van der Waals surface area (Å²) in [6.07, 6.45) is 0. The van der Waals surface area contributed by atoms with Gasteiger partial charge in [0.05, 0.1) is 12.6 Å². The normalized spacial score (nSPS) is 13.5. The molecule has 0 fully saturated rings. The van der Waals surface area contributed by atoms with E-state index >= 15 is 0 Å². The molecule has 0 aliphatic heterocycles. The lowest BCUT2D eigenvalue weighted by atomic mass is 10.1. The molecule has 5 nitrogen and oxygen atoms in total. The van der Waals surface area contributed by atoms with Gasteiger partial charge in [-0.05, 0) is 18.1 Å². The Morgan fingerprint density at radius 1 is 1.14 bits per heavy atom. The minimum absolute atomic E-state index is 0.0397. The third-order valence-electron chi connectivity index (χ3n) is 3.11. The van der Waals surface area contributed by atoms with Crippen molar-refractivity contribution in [2.24, 2.45) is 11.7 Å². The van der Waals surface area contributed by atoms with Gasteiger partial charge >= 0.3 is 0 Å². The van der Waals surface area contributed by atoms with Crippen LogP contribution in [-0.2, 0) is 9.59 Å². The molecule has 4 N–H and O–H groups in total. The maximum Gasteiger partial charge on any atom is 0.239 e. The zero-order chi connectivity index (χ0) is 16.5. The quantitative estimate of drug-likeness (QED) is 0.631. The first-order valence-electron chi connectivity index (χ1n) is 7.42. The van der Waals surface area contributed by atoms with Gasteiger partial charge < -0.3 is 16.4 Å². The second-order valence-corrected chi connectivity index (χ2v) is 7.05. The minimum Gasteiger partial charge on any atom is -0.353 e. The van der Waals surface area contributed by atoms with Crippen LogP contribution in [0.15, 0.2) is 35.2 Å². The van der Waals surface area contributed by atoms with Crippen molar-refractivity contribution in [3.63, 3.8) is 0 Å². The smallest absolute Gasteiger partial charge is 0.239 e. The number of nitrogens with one attached hydrogen (secondary N) is 2. The molecule has 1 aromatic carbocycles. The van der Waals surface area contributed by atoms with Gasteiger partial charge in [0.2, 0.25) is 11.8 Å². The van der Waals surface area contributed by atoms with Crippen molar-refractivity contribution < 1.29 is 9.59 Å². The van der Waals surface area contributed by atoms with Crippen LogP contribution in [0.2, 0.25) is 0 Å². The predicted molar refractivity (Wildman–Crippen MR) is 90.6 cm³/mol. The van der Waals surface area contributed by atoms with Crippen molar-refractivity contribution in [1.82, 2.24) is 10.6 Å². The average Bonchev–Trinajstić information content (AvgIpc) is 2.50. The molecule has 0 saturated heterocycles. The summed E-state index contributed by atoms with van der Waals surface area (Å²) in [5.74, 6) is -0.452. The van der Waals surface area contributed by atoms with E-state index in [4.69, 9.17) is 5.73 Å². The van der Waals surface area contributed by atoms with Crippen molar-refractivity contribution in [2.45, 2.75) is 37.0 Å². The lowest BCUT2D eigenvalue weighted by molar-refractivity contribution is -0.127. The van der Waals surface area contributed by atoms with Crippen LogP contribution < -0.4 is 16.4 Å². The van der Waals surface area contributed by atoms with Crippen LogP contribution in [0.5, 0.6) is 0 Å². The van der Waals surface area contributed by atoms with Crippen LogP contribution in [0.1, 0.15) is 20.8 Å². The fourth-order valence-corrected chi connectivity index (χ4v) is 2.63. The maximum atomic E-state index is 11.7. The molecule has 1 unspecified atom stereocenters. The second kappa shape index (κ2) is 9.48. The number of thioether (sulfide) groups is 1. The summed E-state index contributed by atoms with van der Waals surface area (Å²) < 4.78 is 0. The van der Waals surface area contributed by atoms with E-state index in [2.05, 4.69) is 10.6 Å². The number of nitrogens with two attached hydrogens (primary N) is 1. The number of carbonyl (C=O) groups is 2. The van der Waals surface area contributed by atoms with E-state index in [0.29, 0.717) is 6.54 Å². The van der Waals surface area contributed by atoms with Gasteiger partial charge in [-0.2, -0.15) is 0 Å². The summed E-state index contributed by atoms with van der Waals surface area (Å²) in [5.41, 5.74) is 5.71. The number of carbonyl (C=O) groups excluding carboxylic acids is 2. The molecule has 1 rings (SSSR count). The summed E-state index contributed by atoms with van der Waals surface area (Å²) >= 11 is 1.70. The highest BCUT2D eigenvalue weighted by Crippen LogP contribution is 2.21. The van der Waals surface area contributed by atoms with E-state index in [1.54, 1.807) is 11.8 Å². The topological polar surface area (TPSA) is 84.2 Å². The Kier molecular flexibility index (Phi) is 7.98. The van der Waals surface area contributed by atoms with Crippen molar-refractivity contribution in [2.75, 3.05) is 13.1 Å². The van der Waals surface area contributed by atoms with Gasteiger partial charge in [0.1, 0.15) is 0 Å². The van der Waals surface area contributed by atoms with E-state index < -0.39 is 6.04 Å². The van der Waals surface area contributed by atoms with Crippen molar-refractivity contribution >= 4 is 23.6 Å². The van der Waals surface area contributed by atoms with Crippen LogP contribution >= 0.6 is 11.8 Å². The predicted octanol–water partition coefficient (Wildman–Crippen LogP) is 1.38. The molecule has 0 spiro atoms. The highest BCUT2D eigenvalue weighted by molar-refractivity contribution is 8.00. The van der Waals surface area contributed by atoms with E-state index in [1.807, 2.05) is 51.1 Å². The molecule has 0 aliphatic rings. The second-order valence-electron chi connectivity index (χ2n) is 5.53. The molecule has 22 heavy (non-hydrogen) atoms. The molecule has 0 heterocycles. The Morgan fingerprint density at radius 3 is 2.36 bits per heavy atom. The van der Waals surface area contributed by atoms with E-state index in [1.165, 1.54) is 4.90 Å². The monoisotopic (exact) mass is 323 g/mol. The maximum absolute atomic E-state index is 11.7. The molecule has 6 heteroatoms. The largest absolute Gasteiger partial charge is 0.353 e. The standard InChI is InChI=1S/C16H25N3O2S/c1-11(2)15(17)16(21)19-10-14(20)18-9-12(3)22-13-7-5-4-6-8-13/h4-8,11-12,15H,9-10,17H2,1-3H3,(H,18,20)(H,19,21)/t12?,15-/m0/s1. The van der Waals surface area contributed by atoms with E-state index in [0.717, 1.165) is 0 Å². The van der Waals surface area contributed by atoms with Crippen LogP contribution in [0.3, 0.4) is 0 Å². The Hall–Kier alpha value is -1.53. The molecule has 122 valence electrons. The van der Waals surface area contributed by atoms with Crippen LogP contribution in [0.4, 0.5) is 0 Å². The molecular formula is C16H25N3O2S. The molecule has 0 saturated carbocycles. The van der Waals surface area contributed by atoms with Gasteiger partial charge in [-0.25, -0.2) is 0 Å². The van der Waals surface area contributed by atoms with Gasteiger partial charge in [-0.1, -0.05) is 39.0 Å². The Morgan fingerprint density at radius 2 is 1.77 bits per heavy atom.